The highest BCUT2D eigenvalue weighted by Gasteiger charge is 2.19. The lowest BCUT2D eigenvalue weighted by atomic mass is 10.1. The van der Waals surface area contributed by atoms with Crippen molar-refractivity contribution in [1.29, 1.82) is 0 Å². The molecule has 134 valence electrons. The summed E-state index contributed by atoms with van der Waals surface area (Å²) in [6.45, 7) is 8.47. The predicted octanol–water partition coefficient (Wildman–Crippen LogP) is 4.07. The van der Waals surface area contributed by atoms with Gasteiger partial charge >= 0.3 is 6.09 Å². The van der Waals surface area contributed by atoms with Gasteiger partial charge in [-0.3, -0.25) is 5.32 Å². The third-order valence-electron chi connectivity index (χ3n) is 3.77. The lowest BCUT2D eigenvalue weighted by molar-refractivity contribution is 0.0636. The number of nitrogens with zero attached hydrogens (tertiary/aromatic N) is 2. The molecule has 1 aromatic heterocycles. The van der Waals surface area contributed by atoms with Gasteiger partial charge in [0.1, 0.15) is 11.4 Å². The Morgan fingerprint density at radius 2 is 1.96 bits per heavy atom. The molecule has 1 amide bonds. The van der Waals surface area contributed by atoms with Gasteiger partial charge in [-0.15, -0.1) is 0 Å². The summed E-state index contributed by atoms with van der Waals surface area (Å²) in [5.74, 6) is 0.890. The minimum Gasteiger partial charge on any atom is -0.444 e. The SMILES string of the molecule is CC(C)(C)OC(=O)Nc1c(Cl)ccc2nc(N3CCOCC3)ccc12. The van der Waals surface area contributed by atoms with Gasteiger partial charge in [0.05, 0.1) is 29.4 Å². The van der Waals surface area contributed by atoms with Crippen molar-refractivity contribution in [3.8, 4) is 0 Å². The number of nitrogens with one attached hydrogen (secondary N) is 1. The van der Waals surface area contributed by atoms with E-state index in [-0.39, 0.29) is 0 Å². The number of carbonyl (C=O) groups excluding carboxylic acids is 1. The third kappa shape index (κ3) is 4.32. The molecule has 2 heterocycles. The Balaban J connectivity index is 1.90. The molecule has 0 radical (unpaired) electrons. The van der Waals surface area contributed by atoms with Crippen LogP contribution in [0.1, 0.15) is 20.8 Å². The molecule has 0 saturated carbocycles. The fraction of sp³-hybridized carbons (Fsp3) is 0.444. The second-order valence-corrected chi connectivity index (χ2v) is 7.29. The summed E-state index contributed by atoms with van der Waals surface area (Å²) < 4.78 is 10.7. The summed E-state index contributed by atoms with van der Waals surface area (Å²) in [5, 5.41) is 3.96. The average Bonchev–Trinajstić information content (AvgIpc) is 2.56. The van der Waals surface area contributed by atoms with Gasteiger partial charge in [-0.05, 0) is 45.0 Å². The molecular weight excluding hydrogens is 342 g/mol. The molecule has 0 bridgehead atoms. The van der Waals surface area contributed by atoms with E-state index >= 15 is 0 Å². The van der Waals surface area contributed by atoms with Crippen LogP contribution < -0.4 is 10.2 Å². The summed E-state index contributed by atoms with van der Waals surface area (Å²) in [5.41, 5.74) is 0.692. The molecule has 1 N–H and O–H groups in total. The molecule has 2 aromatic rings. The Morgan fingerprint density at radius 1 is 1.24 bits per heavy atom. The lowest BCUT2D eigenvalue weighted by Gasteiger charge is -2.28. The van der Waals surface area contributed by atoms with Gasteiger partial charge in [-0.2, -0.15) is 0 Å². The highest BCUT2D eigenvalue weighted by atomic mass is 35.5. The Hall–Kier alpha value is -2.05. The number of hydrogen-bond acceptors (Lipinski definition) is 5. The molecule has 1 fully saturated rings. The topological polar surface area (TPSA) is 63.7 Å². The van der Waals surface area contributed by atoms with E-state index in [0.29, 0.717) is 23.9 Å². The van der Waals surface area contributed by atoms with Crippen LogP contribution in [-0.2, 0) is 9.47 Å². The quantitative estimate of drug-likeness (QED) is 0.871. The molecular formula is C18H22ClN3O3. The van der Waals surface area contributed by atoms with E-state index in [1.165, 1.54) is 0 Å². The second kappa shape index (κ2) is 7.06. The number of halogens is 1. The van der Waals surface area contributed by atoms with Crippen LogP contribution in [0.4, 0.5) is 16.3 Å². The smallest absolute Gasteiger partial charge is 0.412 e. The molecule has 25 heavy (non-hydrogen) atoms. The summed E-state index contributed by atoms with van der Waals surface area (Å²) in [6, 6.07) is 7.44. The zero-order valence-corrected chi connectivity index (χ0v) is 15.4. The summed E-state index contributed by atoms with van der Waals surface area (Å²) in [6.07, 6.45) is -0.542. The normalized spacial score (nSPS) is 15.3. The van der Waals surface area contributed by atoms with Gasteiger partial charge in [-0.1, -0.05) is 11.6 Å². The number of benzene rings is 1. The van der Waals surface area contributed by atoms with Crippen molar-refractivity contribution in [1.82, 2.24) is 4.98 Å². The van der Waals surface area contributed by atoms with Crippen molar-refractivity contribution in [2.24, 2.45) is 0 Å². The molecule has 6 nitrogen and oxygen atoms in total. The number of anilines is 2. The van der Waals surface area contributed by atoms with Gasteiger partial charge in [0, 0.05) is 18.5 Å². The number of pyridine rings is 1. The Kier molecular flexibility index (Phi) is 5.01. The average molecular weight is 364 g/mol. The number of hydrogen-bond donors (Lipinski definition) is 1. The summed E-state index contributed by atoms with van der Waals surface area (Å²) in [4.78, 5) is 19.0. The summed E-state index contributed by atoms with van der Waals surface area (Å²) >= 11 is 6.28. The minimum atomic E-state index is -0.580. The van der Waals surface area contributed by atoms with E-state index in [1.54, 1.807) is 6.07 Å². The highest BCUT2D eigenvalue weighted by molar-refractivity contribution is 6.35. The van der Waals surface area contributed by atoms with Crippen LogP contribution in [0.25, 0.3) is 10.9 Å². The van der Waals surface area contributed by atoms with Gasteiger partial charge in [0.15, 0.2) is 0 Å². The van der Waals surface area contributed by atoms with Gasteiger partial charge < -0.3 is 14.4 Å². The zero-order valence-electron chi connectivity index (χ0n) is 14.6. The van der Waals surface area contributed by atoms with Crippen LogP contribution >= 0.6 is 11.6 Å². The molecule has 1 aliphatic heterocycles. The van der Waals surface area contributed by atoms with Gasteiger partial charge in [0.25, 0.3) is 0 Å². The number of amides is 1. The van der Waals surface area contributed by atoms with Gasteiger partial charge in [-0.25, -0.2) is 9.78 Å². The molecule has 1 aliphatic rings. The van der Waals surface area contributed by atoms with Crippen molar-refractivity contribution in [3.63, 3.8) is 0 Å². The Bertz CT molecular complexity index is 783. The van der Waals surface area contributed by atoms with E-state index in [4.69, 9.17) is 26.1 Å². The molecule has 0 aliphatic carbocycles. The van der Waals surface area contributed by atoms with Crippen LogP contribution in [-0.4, -0.2) is 43.0 Å². The number of morpholine rings is 1. The maximum atomic E-state index is 12.1. The van der Waals surface area contributed by atoms with E-state index in [0.717, 1.165) is 29.8 Å². The van der Waals surface area contributed by atoms with Crippen LogP contribution in [0.2, 0.25) is 5.02 Å². The van der Waals surface area contributed by atoms with E-state index in [9.17, 15) is 4.79 Å². The molecule has 0 unspecified atom stereocenters. The monoisotopic (exact) mass is 363 g/mol. The number of carbonyl (C=O) groups is 1. The number of ether oxygens (including phenoxy) is 2. The third-order valence-corrected chi connectivity index (χ3v) is 4.08. The largest absolute Gasteiger partial charge is 0.444 e. The van der Waals surface area contributed by atoms with Crippen LogP contribution in [0.3, 0.4) is 0 Å². The molecule has 0 spiro atoms. The van der Waals surface area contributed by atoms with E-state index < -0.39 is 11.7 Å². The van der Waals surface area contributed by atoms with Crippen molar-refractivity contribution in [2.75, 3.05) is 36.5 Å². The molecule has 1 saturated heterocycles. The first-order chi connectivity index (χ1) is 11.8. The van der Waals surface area contributed by atoms with Crippen molar-refractivity contribution in [3.05, 3.63) is 29.3 Å². The van der Waals surface area contributed by atoms with Crippen molar-refractivity contribution in [2.45, 2.75) is 26.4 Å². The van der Waals surface area contributed by atoms with E-state index in [2.05, 4.69) is 10.2 Å². The molecule has 7 heteroatoms. The first-order valence-corrected chi connectivity index (χ1v) is 8.63. The van der Waals surface area contributed by atoms with Crippen LogP contribution in [0, 0.1) is 0 Å². The highest BCUT2D eigenvalue weighted by Crippen LogP contribution is 2.32. The summed E-state index contributed by atoms with van der Waals surface area (Å²) in [7, 11) is 0. The standard InChI is InChI=1S/C18H22ClN3O3/c1-18(2,3)25-17(23)21-16-12-4-7-15(22-8-10-24-11-9-22)20-14(12)6-5-13(16)19/h4-7H,8-11H2,1-3H3,(H,21,23). The predicted molar refractivity (Wildman–Crippen MR) is 99.6 cm³/mol. The minimum absolute atomic E-state index is 0.444. The molecule has 3 rings (SSSR count). The lowest BCUT2D eigenvalue weighted by Crippen LogP contribution is -2.36. The molecule has 0 atom stereocenters. The second-order valence-electron chi connectivity index (χ2n) is 6.88. The van der Waals surface area contributed by atoms with E-state index in [1.807, 2.05) is 39.0 Å². The van der Waals surface area contributed by atoms with Crippen LogP contribution in [0.5, 0.6) is 0 Å². The first kappa shape index (κ1) is 17.8. The fourth-order valence-corrected chi connectivity index (χ4v) is 2.88. The van der Waals surface area contributed by atoms with Crippen LogP contribution in [0.15, 0.2) is 24.3 Å². The van der Waals surface area contributed by atoms with Gasteiger partial charge in [0.2, 0.25) is 0 Å². The number of fused-ring (bicyclic) bond motifs is 1. The molecule has 1 aromatic carbocycles. The Labute approximate surface area is 152 Å². The Morgan fingerprint density at radius 3 is 2.64 bits per heavy atom. The number of rotatable bonds is 2. The van der Waals surface area contributed by atoms with Crippen molar-refractivity contribution >= 4 is 40.1 Å². The zero-order chi connectivity index (χ0) is 18.0. The maximum Gasteiger partial charge on any atom is 0.412 e. The first-order valence-electron chi connectivity index (χ1n) is 8.25. The van der Waals surface area contributed by atoms with Crippen molar-refractivity contribution < 1.29 is 14.3 Å². The maximum absolute atomic E-state index is 12.1. The fourth-order valence-electron chi connectivity index (χ4n) is 2.67. The number of aromatic nitrogens is 1.